The second kappa shape index (κ2) is 5.58. The molecule has 0 aliphatic heterocycles. The lowest BCUT2D eigenvalue weighted by molar-refractivity contribution is 0.0697. The van der Waals surface area contributed by atoms with Crippen LogP contribution in [-0.2, 0) is 0 Å². The summed E-state index contributed by atoms with van der Waals surface area (Å²) in [6.45, 7) is 0.343. The number of carboxylic acid groups (broad SMARTS) is 1. The molecule has 0 bridgehead atoms. The predicted molar refractivity (Wildman–Crippen MR) is 58.6 cm³/mol. The van der Waals surface area contributed by atoms with Crippen LogP contribution in [0.5, 0.6) is 0 Å². The molecule has 0 fully saturated rings. The summed E-state index contributed by atoms with van der Waals surface area (Å²) in [6.07, 6.45) is -0.606. The van der Waals surface area contributed by atoms with Crippen LogP contribution in [0.2, 0.25) is 0 Å². The third kappa shape index (κ3) is 3.77. The summed E-state index contributed by atoms with van der Waals surface area (Å²) >= 11 is 5.42. The van der Waals surface area contributed by atoms with E-state index in [9.17, 15) is 9.90 Å². The zero-order valence-corrected chi connectivity index (χ0v) is 8.74. The van der Waals surface area contributed by atoms with Crippen molar-refractivity contribution in [3.63, 3.8) is 0 Å². The first kappa shape index (κ1) is 11.8. The summed E-state index contributed by atoms with van der Waals surface area (Å²) in [6, 6.07) is 6.28. The Bertz CT molecular complexity index is 326. The highest BCUT2D eigenvalue weighted by Crippen LogP contribution is 2.09. The van der Waals surface area contributed by atoms with Crippen LogP contribution in [0, 0.1) is 0 Å². The van der Waals surface area contributed by atoms with Gasteiger partial charge in [-0.2, -0.15) is 0 Å². The molecule has 4 nitrogen and oxygen atoms in total. The van der Waals surface area contributed by atoms with Gasteiger partial charge in [-0.1, -0.05) is 0 Å². The Morgan fingerprint density at radius 2 is 2.00 bits per heavy atom. The number of aliphatic hydroxyl groups excluding tert-OH is 1. The van der Waals surface area contributed by atoms with Crippen LogP contribution >= 0.6 is 11.6 Å². The van der Waals surface area contributed by atoms with Gasteiger partial charge in [0, 0.05) is 12.2 Å². The van der Waals surface area contributed by atoms with Crippen molar-refractivity contribution in [1.29, 1.82) is 0 Å². The molecule has 0 aliphatic carbocycles. The summed E-state index contributed by atoms with van der Waals surface area (Å²) in [5.41, 5.74) is 0.989. The maximum absolute atomic E-state index is 10.5. The summed E-state index contributed by atoms with van der Waals surface area (Å²) < 4.78 is 0. The zero-order valence-electron chi connectivity index (χ0n) is 7.98. The molecule has 0 aromatic heterocycles. The smallest absolute Gasteiger partial charge is 0.335 e. The first-order chi connectivity index (χ1) is 7.13. The summed E-state index contributed by atoms with van der Waals surface area (Å²) in [5.74, 6) is -0.789. The van der Waals surface area contributed by atoms with Gasteiger partial charge in [-0.25, -0.2) is 4.79 Å². The van der Waals surface area contributed by atoms with Gasteiger partial charge in [-0.15, -0.1) is 11.6 Å². The molecular formula is C10H12ClNO3. The molecule has 0 heterocycles. The van der Waals surface area contributed by atoms with E-state index in [0.717, 1.165) is 5.69 Å². The Hall–Kier alpha value is -1.26. The van der Waals surface area contributed by atoms with Crippen molar-refractivity contribution >= 4 is 23.3 Å². The van der Waals surface area contributed by atoms with Crippen LogP contribution in [0.25, 0.3) is 0 Å². The number of alkyl halides is 1. The van der Waals surface area contributed by atoms with E-state index in [1.54, 1.807) is 12.1 Å². The number of benzene rings is 1. The van der Waals surface area contributed by atoms with E-state index in [2.05, 4.69) is 5.32 Å². The highest BCUT2D eigenvalue weighted by Gasteiger charge is 2.03. The lowest BCUT2D eigenvalue weighted by Crippen LogP contribution is -2.20. The molecule has 3 N–H and O–H groups in total. The van der Waals surface area contributed by atoms with Crippen LogP contribution in [-0.4, -0.2) is 34.7 Å². The Balaban J connectivity index is 2.53. The summed E-state index contributed by atoms with van der Waals surface area (Å²) in [7, 11) is 0. The molecule has 5 heteroatoms. The topological polar surface area (TPSA) is 69.6 Å². The first-order valence-electron chi connectivity index (χ1n) is 4.44. The van der Waals surface area contributed by atoms with Gasteiger partial charge in [-0.3, -0.25) is 0 Å². The molecule has 1 aromatic carbocycles. The van der Waals surface area contributed by atoms with E-state index in [1.807, 2.05) is 0 Å². The predicted octanol–water partition coefficient (Wildman–Crippen LogP) is 1.40. The van der Waals surface area contributed by atoms with Crippen molar-refractivity contribution in [2.24, 2.45) is 0 Å². The average molecular weight is 230 g/mol. The second-order valence-electron chi connectivity index (χ2n) is 3.07. The molecule has 0 spiro atoms. The van der Waals surface area contributed by atoms with Crippen molar-refractivity contribution in [3.05, 3.63) is 29.8 Å². The van der Waals surface area contributed by atoms with Gasteiger partial charge in [0.2, 0.25) is 0 Å². The van der Waals surface area contributed by atoms with E-state index < -0.39 is 12.1 Å². The van der Waals surface area contributed by atoms with E-state index in [4.69, 9.17) is 16.7 Å². The maximum atomic E-state index is 10.5. The molecule has 15 heavy (non-hydrogen) atoms. The number of halogens is 1. The van der Waals surface area contributed by atoms with Gasteiger partial charge < -0.3 is 15.5 Å². The highest BCUT2D eigenvalue weighted by molar-refractivity contribution is 6.18. The molecule has 1 rings (SSSR count). The van der Waals surface area contributed by atoms with Crippen LogP contribution in [0.4, 0.5) is 5.69 Å². The fraction of sp³-hybridized carbons (Fsp3) is 0.300. The molecule has 0 saturated carbocycles. The van der Waals surface area contributed by atoms with Crippen molar-refractivity contribution in [2.45, 2.75) is 6.10 Å². The quantitative estimate of drug-likeness (QED) is 0.668. The van der Waals surface area contributed by atoms with Gasteiger partial charge in [0.15, 0.2) is 0 Å². The number of anilines is 1. The summed E-state index contributed by atoms with van der Waals surface area (Å²) in [5, 5.41) is 20.8. The molecule has 0 radical (unpaired) electrons. The number of aliphatic hydroxyl groups is 1. The monoisotopic (exact) mass is 229 g/mol. The maximum Gasteiger partial charge on any atom is 0.335 e. The lowest BCUT2D eigenvalue weighted by atomic mass is 10.2. The number of carbonyl (C=O) groups is 1. The van der Waals surface area contributed by atoms with E-state index in [1.165, 1.54) is 12.1 Å². The average Bonchev–Trinajstić information content (AvgIpc) is 2.26. The molecule has 82 valence electrons. The van der Waals surface area contributed by atoms with Crippen LogP contribution in [0.15, 0.2) is 24.3 Å². The normalized spacial score (nSPS) is 12.1. The second-order valence-corrected chi connectivity index (χ2v) is 3.38. The molecule has 1 atom stereocenters. The highest BCUT2D eigenvalue weighted by atomic mass is 35.5. The van der Waals surface area contributed by atoms with Gasteiger partial charge in [0.1, 0.15) is 0 Å². The van der Waals surface area contributed by atoms with Crippen molar-refractivity contribution in [3.8, 4) is 0 Å². The van der Waals surface area contributed by atoms with Crippen molar-refractivity contribution in [2.75, 3.05) is 17.7 Å². The van der Waals surface area contributed by atoms with E-state index in [-0.39, 0.29) is 11.4 Å². The van der Waals surface area contributed by atoms with Crippen LogP contribution < -0.4 is 5.32 Å². The van der Waals surface area contributed by atoms with Gasteiger partial charge in [0.05, 0.1) is 17.5 Å². The number of nitrogens with one attached hydrogen (secondary N) is 1. The SMILES string of the molecule is O=C(O)c1ccc(NC[C@@H](O)CCl)cc1. The minimum Gasteiger partial charge on any atom is -0.478 e. The minimum atomic E-state index is -0.956. The Labute approximate surface area is 92.5 Å². The molecule has 0 unspecified atom stereocenters. The first-order valence-corrected chi connectivity index (χ1v) is 4.98. The minimum absolute atomic E-state index is 0.167. The summed E-state index contributed by atoms with van der Waals surface area (Å²) in [4.78, 5) is 10.5. The van der Waals surface area contributed by atoms with E-state index in [0.29, 0.717) is 6.54 Å². The number of rotatable bonds is 5. The third-order valence-electron chi connectivity index (χ3n) is 1.85. The third-order valence-corrected chi connectivity index (χ3v) is 2.21. The molecular weight excluding hydrogens is 218 g/mol. The fourth-order valence-corrected chi connectivity index (χ4v) is 1.13. The molecule has 0 amide bonds. The van der Waals surface area contributed by atoms with Crippen molar-refractivity contribution in [1.82, 2.24) is 0 Å². The Morgan fingerprint density at radius 3 is 2.47 bits per heavy atom. The fourth-order valence-electron chi connectivity index (χ4n) is 1.02. The lowest BCUT2D eigenvalue weighted by Gasteiger charge is -2.09. The number of hydrogen-bond donors (Lipinski definition) is 3. The molecule has 1 aromatic rings. The van der Waals surface area contributed by atoms with Crippen LogP contribution in [0.3, 0.4) is 0 Å². The largest absolute Gasteiger partial charge is 0.478 e. The van der Waals surface area contributed by atoms with Crippen LogP contribution in [0.1, 0.15) is 10.4 Å². The van der Waals surface area contributed by atoms with E-state index >= 15 is 0 Å². The zero-order chi connectivity index (χ0) is 11.3. The standard InChI is InChI=1S/C10H12ClNO3/c11-5-9(13)6-12-8-3-1-7(2-4-8)10(14)15/h1-4,9,12-13H,5-6H2,(H,14,15)/t9-/m0/s1. The van der Waals surface area contributed by atoms with Gasteiger partial charge in [0.25, 0.3) is 0 Å². The number of aromatic carboxylic acids is 1. The van der Waals surface area contributed by atoms with Gasteiger partial charge in [-0.05, 0) is 24.3 Å². The Kier molecular flexibility index (Phi) is 4.39. The Morgan fingerprint density at radius 1 is 1.40 bits per heavy atom. The number of carboxylic acids is 1. The molecule has 0 aliphatic rings. The van der Waals surface area contributed by atoms with Gasteiger partial charge >= 0.3 is 5.97 Å². The van der Waals surface area contributed by atoms with Crippen molar-refractivity contribution < 1.29 is 15.0 Å². The number of hydrogen-bond acceptors (Lipinski definition) is 3. The molecule has 0 saturated heterocycles.